The number of fused-ring (bicyclic) bond motifs is 4. The van der Waals surface area contributed by atoms with Crippen molar-refractivity contribution in [1.82, 2.24) is 56.3 Å². The lowest BCUT2D eigenvalue weighted by Crippen LogP contribution is -2.62. The lowest BCUT2D eigenvalue weighted by atomic mass is 9.86. The van der Waals surface area contributed by atoms with Gasteiger partial charge in [-0.3, -0.25) is 48.9 Å². The number of halogens is 10. The number of carbonyl (C=O) groups is 6. The van der Waals surface area contributed by atoms with E-state index in [0.717, 1.165) is 130 Å². The summed E-state index contributed by atoms with van der Waals surface area (Å²) < 4.78 is 117. The molecule has 7 aliphatic heterocycles. The summed E-state index contributed by atoms with van der Waals surface area (Å²) in [5.74, 6) is 1.24. The number of piperidine rings is 4. The summed E-state index contributed by atoms with van der Waals surface area (Å²) in [5.41, 5.74) is 15.8. The molecule has 4 aromatic heterocycles. The predicted molar refractivity (Wildman–Crippen MR) is 491 cm³/mol. The Morgan fingerprint density at radius 1 is 0.430 bits per heavy atom. The number of amides is 4. The maximum absolute atomic E-state index is 13.5. The summed E-state index contributed by atoms with van der Waals surface area (Å²) in [5, 5.41) is 25.9. The highest BCUT2D eigenvalue weighted by Crippen LogP contribution is 2.41. The molecular formula is C92H121Br2F8N17O9. The van der Waals surface area contributed by atoms with E-state index in [9.17, 15) is 63.9 Å². The zero-order valence-electron chi connectivity index (χ0n) is 74.1. The van der Waals surface area contributed by atoms with Gasteiger partial charge in [-0.15, -0.1) is 0 Å². The number of benzene rings is 4. The van der Waals surface area contributed by atoms with Crippen molar-refractivity contribution in [2.75, 3.05) is 135 Å². The first-order chi connectivity index (χ1) is 60.7. The van der Waals surface area contributed by atoms with Crippen LogP contribution in [0.2, 0.25) is 0 Å². The minimum Gasteiger partial charge on any atom is -0.481 e. The number of carbonyl (C=O) groups excluding carboxylic acids is 5. The van der Waals surface area contributed by atoms with Crippen molar-refractivity contribution in [2.45, 2.75) is 174 Å². The largest absolute Gasteiger partial charge is 0.481 e. The average molecular weight is 1920 g/mol. The molecule has 7 aliphatic rings. The van der Waals surface area contributed by atoms with Crippen LogP contribution in [0.3, 0.4) is 0 Å². The van der Waals surface area contributed by atoms with Crippen LogP contribution in [0.4, 0.5) is 67.5 Å². The van der Waals surface area contributed by atoms with Crippen molar-refractivity contribution in [1.29, 1.82) is 0 Å². The van der Waals surface area contributed by atoms with Crippen molar-refractivity contribution in [3.8, 4) is 0 Å². The van der Waals surface area contributed by atoms with Crippen LogP contribution < -0.4 is 57.7 Å². The second-order valence-electron chi connectivity index (χ2n) is 36.5. The highest BCUT2D eigenvalue weighted by atomic mass is 79.9. The third-order valence-corrected chi connectivity index (χ3v) is 23.7. The SMILES string of the molecule is CC(C)(C)OC(=O)NC1CNC1.C[C@H]1C[C@@H](CC(=O)CBr)CN(c2ccc(C(F)F)c3ncccc23)C1.C[C@H]1C[C@@H](N)CN(c2ccc(C(F)F)c3ncccc23)C1.C[C@H]1C[C@@H](NC(=O)CN2CC(N)C2)CN(c2ccc(C(F)F)c3ncccc23)C1.C[C@H]1C[C@@H](NC(=O)CN2CC(NC(=O)OC(C)(C)C)C2)CN(c2ccc(C(F)F)c3ncccc23)C1.O=C(O)CBr. The van der Waals surface area contributed by atoms with Gasteiger partial charge in [-0.25, -0.2) is 44.7 Å². The standard InChI is InChI=1S/C26H35F2N5O3.C21H27F2N5O.C19H21BrF2N2O.C16H19F2N3.C8H16N2O2.C2H3BrO2/c1-16-10-17(30-22(34)15-32-12-18(13-32)31-25(35)36-26(2,3)4)14-33(11-16)21-8-7-20(24(27)28)23-19(21)6-5-9-29-23;1-13-7-15(26-19(29)12-27-9-14(24)10-27)11-28(8-13)18-5-4-17(21(22)23)20-16(18)3-2-6-25-20;1-12-7-13(8-14(25)9-20)11-24(10-12)17-5-4-16(19(21)22)18-15(17)3-2-6-23-18;1-10-7-11(19)9-21(8-10)14-5-4-13(16(17)18)15-12(14)3-2-6-20-15;1-8(2,3)12-7(11)10-6-4-9-5-6;3-1-2(4)5/h5-9,16-18,24H,10-15H2,1-4H3,(H,30,34)(H,31,35);2-6,13-15,21H,7-12,24H2,1H3,(H,26,29);2-6,12-13,19H,7-11H2,1H3;2-6,10-11,16H,7-9,19H2,1H3;6,9H,4-5H2,1-3H3,(H,10,11);1H2,(H,4,5)/t16-,17+;13-,15+;12-,13-;10-,11+;;/m0000../s1. The molecule has 8 aromatic rings. The number of ether oxygens (including phenoxy) is 2. The fourth-order valence-electron chi connectivity index (χ4n) is 17.5. The zero-order chi connectivity index (χ0) is 93.0. The molecule has 7 saturated heterocycles. The highest BCUT2D eigenvalue weighted by molar-refractivity contribution is 9.09. The summed E-state index contributed by atoms with van der Waals surface area (Å²) >= 11 is 5.94. The Morgan fingerprint density at radius 2 is 0.758 bits per heavy atom. The first-order valence-corrected chi connectivity index (χ1v) is 45.7. The number of Topliss-reactive ketones (excluding diaryl/α,β-unsaturated/α-hetero) is 1. The molecule has 0 bridgehead atoms. The number of nitrogens with zero attached hydrogens (tertiary/aromatic N) is 10. The van der Waals surface area contributed by atoms with Crippen LogP contribution >= 0.6 is 31.9 Å². The van der Waals surface area contributed by atoms with Gasteiger partial charge in [-0.05, 0) is 194 Å². The number of ketones is 1. The number of carboxylic acid groups (broad SMARTS) is 1. The molecule has 0 unspecified atom stereocenters. The van der Waals surface area contributed by atoms with Crippen LogP contribution in [0.5, 0.6) is 0 Å². The molecular weight excluding hydrogens is 1800 g/mol. The number of nitrogens with two attached hydrogens (primary N) is 2. The van der Waals surface area contributed by atoms with Gasteiger partial charge in [-0.1, -0.05) is 59.6 Å². The van der Waals surface area contributed by atoms with Gasteiger partial charge in [0.1, 0.15) is 22.3 Å². The van der Waals surface area contributed by atoms with Crippen molar-refractivity contribution in [2.24, 2.45) is 41.1 Å². The third-order valence-electron chi connectivity index (χ3n) is 22.6. The van der Waals surface area contributed by atoms with Gasteiger partial charge in [0, 0.05) is 214 Å². The third kappa shape index (κ3) is 29.3. The fraction of sp³-hybridized carbons (Fsp3) is 0.543. The van der Waals surface area contributed by atoms with Crippen molar-refractivity contribution < 1.29 is 78.5 Å². The van der Waals surface area contributed by atoms with Gasteiger partial charge in [0.25, 0.3) is 25.7 Å². The first-order valence-electron chi connectivity index (χ1n) is 43.4. The average Bonchev–Trinajstić information content (AvgIpc) is 0.789. The van der Waals surface area contributed by atoms with Crippen LogP contribution in [0.25, 0.3) is 43.6 Å². The predicted octanol–water partition coefficient (Wildman–Crippen LogP) is 15.1. The molecule has 698 valence electrons. The number of likely N-dealkylation sites (tertiary alicyclic amines) is 2. The Hall–Kier alpha value is -9.46. The molecule has 36 heteroatoms. The summed E-state index contributed by atoms with van der Waals surface area (Å²) in [6, 6.07) is 27.8. The Morgan fingerprint density at radius 3 is 1.07 bits per heavy atom. The van der Waals surface area contributed by atoms with E-state index in [1.165, 1.54) is 30.5 Å². The van der Waals surface area contributed by atoms with Gasteiger partial charge >= 0.3 is 18.2 Å². The maximum atomic E-state index is 13.5. The second kappa shape index (κ2) is 46.4. The van der Waals surface area contributed by atoms with E-state index in [1.807, 2.05) is 75.6 Å². The molecule has 0 spiro atoms. The molecule has 11 heterocycles. The Labute approximate surface area is 759 Å². The number of anilines is 4. The number of alkyl carbamates (subject to hydrolysis) is 2. The monoisotopic (exact) mass is 1920 g/mol. The summed E-state index contributed by atoms with van der Waals surface area (Å²) in [6.45, 7) is 30.7. The minimum absolute atomic E-state index is 0.00974. The van der Waals surface area contributed by atoms with Crippen LogP contribution in [0.1, 0.15) is 149 Å². The zero-order valence-corrected chi connectivity index (χ0v) is 77.3. The summed E-state index contributed by atoms with van der Waals surface area (Å²) in [7, 11) is 0. The summed E-state index contributed by atoms with van der Waals surface area (Å²) in [6.07, 6.45) is -0.501. The lowest BCUT2D eigenvalue weighted by molar-refractivity contribution is -0.134. The Bertz CT molecular complexity index is 5040. The van der Waals surface area contributed by atoms with Crippen molar-refractivity contribution in [3.05, 3.63) is 144 Å². The highest BCUT2D eigenvalue weighted by Gasteiger charge is 2.37. The second-order valence-corrected chi connectivity index (χ2v) is 37.7. The molecule has 128 heavy (non-hydrogen) atoms. The lowest BCUT2D eigenvalue weighted by Gasteiger charge is -2.41. The molecule has 0 radical (unpaired) electrons. The minimum atomic E-state index is -2.59. The Kier molecular flexibility index (Phi) is 36.5. The fourth-order valence-corrected chi connectivity index (χ4v) is 17.7. The van der Waals surface area contributed by atoms with E-state index in [2.05, 4.69) is 126 Å². The van der Waals surface area contributed by atoms with E-state index in [0.29, 0.717) is 95.6 Å². The van der Waals surface area contributed by atoms with Crippen LogP contribution in [0.15, 0.2) is 122 Å². The summed E-state index contributed by atoms with van der Waals surface area (Å²) in [4.78, 5) is 98.8. The molecule has 4 aromatic carbocycles. The van der Waals surface area contributed by atoms with Crippen molar-refractivity contribution >= 4 is 134 Å². The molecule has 26 nitrogen and oxygen atoms in total. The van der Waals surface area contributed by atoms with Gasteiger partial charge < -0.3 is 72.2 Å². The van der Waals surface area contributed by atoms with Gasteiger partial charge in [0.05, 0.1) is 52.6 Å². The smallest absolute Gasteiger partial charge is 0.407 e. The van der Waals surface area contributed by atoms with Crippen LogP contribution in [-0.4, -0.2) is 233 Å². The van der Waals surface area contributed by atoms with Gasteiger partial charge in [0.15, 0.2) is 0 Å². The van der Waals surface area contributed by atoms with Crippen LogP contribution in [0, 0.1) is 29.6 Å². The molecule has 15 rings (SSSR count). The number of carboxylic acids is 1. The number of rotatable bonds is 20. The molecule has 7 fully saturated rings. The molecule has 0 saturated carbocycles. The molecule has 10 N–H and O–H groups in total. The number of pyridine rings is 4. The number of aromatic nitrogens is 4. The molecule has 4 amide bonds. The van der Waals surface area contributed by atoms with Gasteiger partial charge in [-0.2, -0.15) is 0 Å². The normalized spacial score (nSPS) is 21.2. The van der Waals surface area contributed by atoms with Crippen LogP contribution in [-0.2, 0) is 28.7 Å². The number of nitrogens with one attached hydrogen (secondary N) is 5. The molecule has 8 atom stereocenters. The number of aliphatic carboxylic acids is 1. The number of hydrogen-bond acceptors (Lipinski definition) is 21. The number of alkyl halides is 10. The maximum Gasteiger partial charge on any atom is 0.407 e. The van der Waals surface area contributed by atoms with E-state index in [-0.39, 0.29) is 100.0 Å². The van der Waals surface area contributed by atoms with E-state index >= 15 is 0 Å². The topological polar surface area (TPSA) is 324 Å². The van der Waals surface area contributed by atoms with E-state index in [1.54, 1.807) is 67.1 Å². The number of hydrogen-bond donors (Lipinski definition) is 8. The Balaban J connectivity index is 0.000000169. The van der Waals surface area contributed by atoms with E-state index in [4.69, 9.17) is 26.0 Å². The quantitative estimate of drug-likeness (QED) is 0.0260. The first kappa shape index (κ1) is 101. The molecule has 0 aliphatic carbocycles. The van der Waals surface area contributed by atoms with E-state index < -0.39 is 49.0 Å². The van der Waals surface area contributed by atoms with Crippen molar-refractivity contribution in [3.63, 3.8) is 0 Å². The van der Waals surface area contributed by atoms with Gasteiger partial charge in [0.2, 0.25) is 11.8 Å².